The van der Waals surface area contributed by atoms with Gasteiger partial charge in [0.25, 0.3) is 0 Å². The molecule has 0 aromatic heterocycles. The topological polar surface area (TPSA) is 32.3 Å². The number of nitrogens with zero attached hydrogens (tertiary/aromatic N) is 1. The number of halogens is 1. The first-order valence-electron chi connectivity index (χ1n) is 7.74. The van der Waals surface area contributed by atoms with Gasteiger partial charge in [-0.1, -0.05) is 24.6 Å². The lowest BCUT2D eigenvalue weighted by atomic mass is 9.97. The van der Waals surface area contributed by atoms with Gasteiger partial charge in [0.1, 0.15) is 0 Å². The molecule has 1 aliphatic heterocycles. The molecule has 0 aliphatic carbocycles. The summed E-state index contributed by atoms with van der Waals surface area (Å²) in [4.78, 5) is 14.4. The average Bonchev–Trinajstić information content (AvgIpc) is 2.49. The van der Waals surface area contributed by atoms with Gasteiger partial charge in [-0.25, -0.2) is 0 Å². The summed E-state index contributed by atoms with van der Waals surface area (Å²) >= 11 is 6.31. The number of hydrogen-bond acceptors (Lipinski definition) is 2. The van der Waals surface area contributed by atoms with Crippen molar-refractivity contribution in [3.8, 4) is 0 Å². The lowest BCUT2D eigenvalue weighted by Crippen LogP contribution is -2.48. The molecule has 2 rings (SSSR count). The molecule has 1 unspecified atom stereocenters. The van der Waals surface area contributed by atoms with Gasteiger partial charge in [0, 0.05) is 37.1 Å². The van der Waals surface area contributed by atoms with Crippen LogP contribution >= 0.6 is 11.6 Å². The van der Waals surface area contributed by atoms with Crippen LogP contribution in [0.15, 0.2) is 12.1 Å². The molecule has 1 atom stereocenters. The molecule has 4 heteroatoms. The summed E-state index contributed by atoms with van der Waals surface area (Å²) in [5.41, 5.74) is 3.63. The van der Waals surface area contributed by atoms with Gasteiger partial charge in [-0.3, -0.25) is 4.79 Å². The Morgan fingerprint density at radius 2 is 1.90 bits per heavy atom. The summed E-state index contributed by atoms with van der Waals surface area (Å²) in [7, 11) is 0. The fourth-order valence-corrected chi connectivity index (χ4v) is 3.04. The molecule has 1 aromatic carbocycles. The second-order valence-corrected chi connectivity index (χ2v) is 6.45. The minimum atomic E-state index is 0.0563. The summed E-state index contributed by atoms with van der Waals surface area (Å²) in [5, 5.41) is 4.09. The maximum Gasteiger partial charge on any atom is 0.225 e. The molecule has 0 radical (unpaired) electrons. The SMILES string of the molecule is Cc1cc(Cl)c(CCC(C)C(=O)N2CCNCC2)cc1C. The van der Waals surface area contributed by atoms with E-state index in [-0.39, 0.29) is 11.8 Å². The number of amides is 1. The monoisotopic (exact) mass is 308 g/mol. The van der Waals surface area contributed by atoms with Gasteiger partial charge in [0.05, 0.1) is 0 Å². The van der Waals surface area contributed by atoms with Gasteiger partial charge < -0.3 is 10.2 Å². The molecule has 0 saturated carbocycles. The first-order valence-corrected chi connectivity index (χ1v) is 8.12. The van der Waals surface area contributed by atoms with Gasteiger partial charge in [-0.2, -0.15) is 0 Å². The fraction of sp³-hybridized carbons (Fsp3) is 0.588. The van der Waals surface area contributed by atoms with Crippen molar-refractivity contribution in [2.24, 2.45) is 5.92 Å². The van der Waals surface area contributed by atoms with E-state index >= 15 is 0 Å². The highest BCUT2D eigenvalue weighted by molar-refractivity contribution is 6.31. The Morgan fingerprint density at radius 1 is 1.29 bits per heavy atom. The minimum Gasteiger partial charge on any atom is -0.340 e. The largest absolute Gasteiger partial charge is 0.340 e. The van der Waals surface area contributed by atoms with Crippen LogP contribution in [0.1, 0.15) is 30.0 Å². The van der Waals surface area contributed by atoms with E-state index in [0.717, 1.165) is 49.6 Å². The summed E-state index contributed by atoms with van der Waals surface area (Å²) < 4.78 is 0. The van der Waals surface area contributed by atoms with E-state index in [0.29, 0.717) is 0 Å². The second-order valence-electron chi connectivity index (χ2n) is 6.04. The van der Waals surface area contributed by atoms with Crippen LogP contribution in [0.5, 0.6) is 0 Å². The molecule has 1 N–H and O–H groups in total. The van der Waals surface area contributed by atoms with Crippen LogP contribution in [-0.4, -0.2) is 37.0 Å². The van der Waals surface area contributed by atoms with Crippen LogP contribution in [0.2, 0.25) is 5.02 Å². The third kappa shape index (κ3) is 4.21. The van der Waals surface area contributed by atoms with Crippen molar-refractivity contribution in [2.45, 2.75) is 33.6 Å². The maximum atomic E-state index is 12.4. The predicted octanol–water partition coefficient (Wildman–Crippen LogP) is 2.96. The lowest BCUT2D eigenvalue weighted by Gasteiger charge is -2.29. The molecule has 1 saturated heterocycles. The lowest BCUT2D eigenvalue weighted by molar-refractivity contribution is -0.135. The highest BCUT2D eigenvalue weighted by atomic mass is 35.5. The molecule has 1 heterocycles. The van der Waals surface area contributed by atoms with Gasteiger partial charge in [0.2, 0.25) is 5.91 Å². The van der Waals surface area contributed by atoms with Gasteiger partial charge in [0.15, 0.2) is 0 Å². The normalized spacial score (nSPS) is 16.9. The Balaban J connectivity index is 1.92. The molecular weight excluding hydrogens is 284 g/mol. The Labute approximate surface area is 132 Å². The van der Waals surface area contributed by atoms with E-state index in [9.17, 15) is 4.79 Å². The van der Waals surface area contributed by atoms with Crippen LogP contribution in [0.3, 0.4) is 0 Å². The van der Waals surface area contributed by atoms with Crippen molar-refractivity contribution in [2.75, 3.05) is 26.2 Å². The third-order valence-corrected chi connectivity index (χ3v) is 4.71. The molecule has 0 bridgehead atoms. The maximum absolute atomic E-state index is 12.4. The van der Waals surface area contributed by atoms with Crippen molar-refractivity contribution in [3.05, 3.63) is 33.8 Å². The zero-order valence-electron chi connectivity index (χ0n) is 13.2. The summed E-state index contributed by atoms with van der Waals surface area (Å²) in [6, 6.07) is 4.18. The average molecular weight is 309 g/mol. The van der Waals surface area contributed by atoms with Gasteiger partial charge >= 0.3 is 0 Å². The van der Waals surface area contributed by atoms with E-state index in [1.54, 1.807) is 0 Å². The summed E-state index contributed by atoms with van der Waals surface area (Å²) in [6.45, 7) is 9.66. The smallest absolute Gasteiger partial charge is 0.225 e. The molecule has 1 amide bonds. The molecule has 1 aromatic rings. The Bertz CT molecular complexity index is 510. The number of nitrogens with one attached hydrogen (secondary N) is 1. The van der Waals surface area contributed by atoms with E-state index in [1.165, 1.54) is 11.1 Å². The van der Waals surface area contributed by atoms with Crippen molar-refractivity contribution in [1.29, 1.82) is 0 Å². The van der Waals surface area contributed by atoms with E-state index in [1.807, 2.05) is 17.9 Å². The van der Waals surface area contributed by atoms with Crippen molar-refractivity contribution < 1.29 is 4.79 Å². The van der Waals surface area contributed by atoms with Crippen LogP contribution in [0.25, 0.3) is 0 Å². The summed E-state index contributed by atoms with van der Waals surface area (Å²) in [6.07, 6.45) is 1.71. The molecule has 116 valence electrons. The second kappa shape index (κ2) is 7.28. The molecule has 1 fully saturated rings. The molecular formula is C17H25ClN2O. The van der Waals surface area contributed by atoms with E-state index in [4.69, 9.17) is 11.6 Å². The first kappa shape index (κ1) is 16.3. The number of aryl methyl sites for hydroxylation is 3. The quantitative estimate of drug-likeness (QED) is 0.927. The zero-order chi connectivity index (χ0) is 15.4. The van der Waals surface area contributed by atoms with Crippen LogP contribution in [0, 0.1) is 19.8 Å². The van der Waals surface area contributed by atoms with Crippen LogP contribution in [0.4, 0.5) is 0 Å². The number of carbonyl (C=O) groups is 1. The highest BCUT2D eigenvalue weighted by Gasteiger charge is 2.21. The summed E-state index contributed by atoms with van der Waals surface area (Å²) in [5.74, 6) is 0.331. The molecule has 0 spiro atoms. The number of carbonyl (C=O) groups excluding carboxylic acids is 1. The van der Waals surface area contributed by atoms with Crippen LogP contribution < -0.4 is 5.32 Å². The number of hydrogen-bond donors (Lipinski definition) is 1. The third-order valence-electron chi connectivity index (χ3n) is 4.36. The predicted molar refractivity (Wildman–Crippen MR) is 87.9 cm³/mol. The number of rotatable bonds is 4. The van der Waals surface area contributed by atoms with Crippen molar-refractivity contribution in [1.82, 2.24) is 10.2 Å². The van der Waals surface area contributed by atoms with Crippen LogP contribution in [-0.2, 0) is 11.2 Å². The zero-order valence-corrected chi connectivity index (χ0v) is 14.0. The Morgan fingerprint density at radius 3 is 2.57 bits per heavy atom. The van der Waals surface area contributed by atoms with E-state index < -0.39 is 0 Å². The molecule has 3 nitrogen and oxygen atoms in total. The number of piperazine rings is 1. The standard InChI is InChI=1S/C17H25ClN2O/c1-12(17(21)20-8-6-19-7-9-20)4-5-15-10-13(2)14(3)11-16(15)18/h10-12,19H,4-9H2,1-3H3. The van der Waals surface area contributed by atoms with Crippen molar-refractivity contribution >= 4 is 17.5 Å². The Hall–Kier alpha value is -1.06. The van der Waals surface area contributed by atoms with Crippen molar-refractivity contribution in [3.63, 3.8) is 0 Å². The Kier molecular flexibility index (Phi) is 5.65. The van der Waals surface area contributed by atoms with E-state index in [2.05, 4.69) is 25.2 Å². The number of benzene rings is 1. The fourth-order valence-electron chi connectivity index (χ4n) is 2.72. The van der Waals surface area contributed by atoms with Gasteiger partial charge in [-0.05, 0) is 49.4 Å². The minimum absolute atomic E-state index is 0.0563. The molecule has 1 aliphatic rings. The van der Waals surface area contributed by atoms with Gasteiger partial charge in [-0.15, -0.1) is 0 Å². The first-order chi connectivity index (χ1) is 9.99. The highest BCUT2D eigenvalue weighted by Crippen LogP contribution is 2.23. The molecule has 21 heavy (non-hydrogen) atoms.